The molecule has 3 aromatic rings. The van der Waals surface area contributed by atoms with Crippen molar-refractivity contribution in [3.8, 4) is 17.6 Å². The number of pyridine rings is 1. The minimum Gasteiger partial charge on any atom is -0.495 e. The second-order valence-electron chi connectivity index (χ2n) is 10.6. The molecule has 0 spiro atoms. The molecule has 2 N–H and O–H groups in total. The first-order chi connectivity index (χ1) is 18.5. The van der Waals surface area contributed by atoms with Gasteiger partial charge in [-0.25, -0.2) is 0 Å². The highest BCUT2D eigenvalue weighted by Gasteiger charge is 2.63. The number of benzene rings is 1. The molecule has 1 saturated carbocycles. The van der Waals surface area contributed by atoms with Gasteiger partial charge in [0.05, 0.1) is 36.1 Å². The summed E-state index contributed by atoms with van der Waals surface area (Å²) in [7, 11) is 3.51. The van der Waals surface area contributed by atoms with Crippen molar-refractivity contribution in [2.45, 2.75) is 29.4 Å². The highest BCUT2D eigenvalue weighted by atomic mass is 32.2. The van der Waals surface area contributed by atoms with E-state index in [1.165, 1.54) is 5.30 Å². The fourth-order valence-corrected chi connectivity index (χ4v) is 7.19. The van der Waals surface area contributed by atoms with Crippen LogP contribution in [0.3, 0.4) is 0 Å². The van der Waals surface area contributed by atoms with Crippen LogP contribution in [-0.2, 0) is 0 Å². The predicted octanol–water partition coefficient (Wildman–Crippen LogP) is 6.14. The molecular formula is C29H34F3N4OPS. The van der Waals surface area contributed by atoms with Crippen LogP contribution in [0.2, 0.25) is 0 Å². The molecule has 1 saturated heterocycles. The smallest absolute Gasteiger partial charge is 0.447 e. The number of ether oxygens (including phenoxy) is 1. The monoisotopic (exact) mass is 574 g/mol. The first kappa shape index (κ1) is 28.0. The van der Waals surface area contributed by atoms with Crippen LogP contribution in [0.4, 0.5) is 24.5 Å². The maximum absolute atomic E-state index is 13.6. The van der Waals surface area contributed by atoms with Crippen molar-refractivity contribution in [3.63, 3.8) is 0 Å². The first-order valence-electron chi connectivity index (χ1n) is 13.0. The highest BCUT2D eigenvalue weighted by molar-refractivity contribution is 8.00. The molecule has 1 aliphatic carbocycles. The molecular weight excluding hydrogens is 540 g/mol. The van der Waals surface area contributed by atoms with Crippen LogP contribution in [0, 0.1) is 23.7 Å². The quantitative estimate of drug-likeness (QED) is 0.202. The Bertz CT molecular complexity index is 1430. The van der Waals surface area contributed by atoms with Crippen molar-refractivity contribution in [2.75, 3.05) is 57.8 Å². The summed E-state index contributed by atoms with van der Waals surface area (Å²) in [6.45, 7) is 8.92. The summed E-state index contributed by atoms with van der Waals surface area (Å²) in [5, 5.41) is 8.30. The van der Waals surface area contributed by atoms with Gasteiger partial charge in [-0.15, -0.1) is 0 Å². The lowest BCUT2D eigenvalue weighted by molar-refractivity contribution is -0.0329. The molecule has 1 aliphatic heterocycles. The number of fused-ring (bicyclic) bond motifs is 2. The number of alkyl halides is 3. The summed E-state index contributed by atoms with van der Waals surface area (Å²) in [6, 6.07) is 11.6. The average molecular weight is 575 g/mol. The van der Waals surface area contributed by atoms with E-state index >= 15 is 0 Å². The molecule has 2 aliphatic rings. The van der Waals surface area contributed by atoms with Gasteiger partial charge in [-0.2, -0.15) is 13.2 Å². The lowest BCUT2D eigenvalue weighted by Crippen LogP contribution is -2.39. The van der Waals surface area contributed by atoms with Crippen molar-refractivity contribution in [1.29, 1.82) is 0 Å². The van der Waals surface area contributed by atoms with Gasteiger partial charge in [0, 0.05) is 36.6 Å². The molecule has 10 heteroatoms. The van der Waals surface area contributed by atoms with E-state index in [9.17, 15) is 13.2 Å². The fourth-order valence-electron chi connectivity index (χ4n) is 5.75. The van der Waals surface area contributed by atoms with Crippen LogP contribution in [0.15, 0.2) is 47.6 Å². The Hall–Kier alpha value is -2.53. The molecule has 2 aromatic heterocycles. The Morgan fingerprint density at radius 1 is 1.21 bits per heavy atom. The van der Waals surface area contributed by atoms with Crippen LogP contribution in [0.25, 0.3) is 5.52 Å². The zero-order valence-corrected chi connectivity index (χ0v) is 24.5. The third kappa shape index (κ3) is 5.70. The summed E-state index contributed by atoms with van der Waals surface area (Å²) in [4.78, 5) is 2.35. The number of nitrogens with one attached hydrogen (secondary N) is 2. The van der Waals surface area contributed by atoms with Crippen LogP contribution < -0.4 is 20.7 Å². The normalized spacial score (nSPS) is 22.8. The van der Waals surface area contributed by atoms with E-state index in [0.717, 1.165) is 36.6 Å². The van der Waals surface area contributed by atoms with Crippen molar-refractivity contribution >= 4 is 41.9 Å². The van der Waals surface area contributed by atoms with E-state index in [1.807, 2.05) is 18.2 Å². The molecule has 0 bridgehead atoms. The Morgan fingerprint density at radius 3 is 2.69 bits per heavy atom. The maximum atomic E-state index is 13.6. The van der Waals surface area contributed by atoms with Gasteiger partial charge in [-0.1, -0.05) is 32.8 Å². The molecule has 3 atom stereocenters. The van der Waals surface area contributed by atoms with Gasteiger partial charge < -0.3 is 24.7 Å². The topological polar surface area (TPSA) is 40.9 Å². The number of hydrogen-bond acceptors (Lipinski definition) is 5. The van der Waals surface area contributed by atoms with E-state index in [1.54, 1.807) is 29.8 Å². The van der Waals surface area contributed by atoms with E-state index in [-0.39, 0.29) is 36.8 Å². The molecule has 5 nitrogen and oxygen atoms in total. The number of aromatic nitrogens is 1. The van der Waals surface area contributed by atoms with Gasteiger partial charge in [0.25, 0.3) is 0 Å². The summed E-state index contributed by atoms with van der Waals surface area (Å²) in [5.41, 5.74) is -1.71. The molecule has 3 unspecified atom stereocenters. The van der Waals surface area contributed by atoms with E-state index in [4.69, 9.17) is 4.74 Å². The van der Waals surface area contributed by atoms with Crippen molar-refractivity contribution in [3.05, 3.63) is 48.2 Å². The van der Waals surface area contributed by atoms with Crippen molar-refractivity contribution < 1.29 is 17.9 Å². The van der Waals surface area contributed by atoms with Gasteiger partial charge >= 0.3 is 5.51 Å². The second kappa shape index (κ2) is 10.8. The number of halogens is 3. The molecule has 0 amide bonds. The van der Waals surface area contributed by atoms with Crippen LogP contribution in [0.5, 0.6) is 5.75 Å². The number of thioether (sulfide) groups is 1. The van der Waals surface area contributed by atoms with E-state index in [0.29, 0.717) is 22.9 Å². The molecule has 3 heterocycles. The number of nitrogens with zero attached hydrogens (tertiary/aromatic N) is 2. The lowest BCUT2D eigenvalue weighted by atomic mass is 10.0. The zero-order chi connectivity index (χ0) is 27.9. The standard InChI is InChI=1S/C29H34F3N4OPS/c1-19-22-18-35(2)15-12-28(19,22)34-23-9-7-14-36-25(23)16-20(27(36)39-29(30,31)32)8-6-13-33-24-11-10-21(38(4)5)17-26(24)37-3/h7,9-11,14,16-17,19,22,33-34H,12-13,15,18H2,1-5H3. The molecule has 39 heavy (non-hydrogen) atoms. The van der Waals surface area contributed by atoms with Crippen LogP contribution >= 0.6 is 19.7 Å². The average Bonchev–Trinajstić information content (AvgIpc) is 3.28. The van der Waals surface area contributed by atoms with Gasteiger partial charge in [-0.3, -0.25) is 0 Å². The van der Waals surface area contributed by atoms with Gasteiger partial charge in [-0.05, 0) is 74.3 Å². The van der Waals surface area contributed by atoms with Crippen molar-refractivity contribution in [1.82, 2.24) is 9.30 Å². The largest absolute Gasteiger partial charge is 0.495 e. The van der Waals surface area contributed by atoms with E-state index < -0.39 is 5.51 Å². The summed E-state index contributed by atoms with van der Waals surface area (Å²) in [6.07, 6.45) is 2.70. The third-order valence-corrected chi connectivity index (χ3v) is 10.2. The number of piperidine rings is 1. The molecule has 0 radical (unpaired) electrons. The SMILES string of the molecule is COc1cc(P(C)C)ccc1NCC#Cc1cc2c(NC34CCN(C)CC3C4C)cccn2c1SC(F)(F)F. The highest BCUT2D eigenvalue weighted by Crippen LogP contribution is 2.57. The predicted molar refractivity (Wildman–Crippen MR) is 157 cm³/mol. The Balaban J connectivity index is 1.42. The Labute approximate surface area is 233 Å². The van der Waals surface area contributed by atoms with Gasteiger partial charge in [0.2, 0.25) is 0 Å². The second-order valence-corrected chi connectivity index (χ2v) is 14.0. The van der Waals surface area contributed by atoms with Crippen molar-refractivity contribution in [2.24, 2.45) is 11.8 Å². The number of anilines is 2. The molecule has 1 aromatic carbocycles. The number of likely N-dealkylation sites (tertiary alicyclic amines) is 1. The number of rotatable bonds is 7. The minimum absolute atomic E-state index is 0.00292. The zero-order valence-electron chi connectivity index (χ0n) is 22.8. The minimum atomic E-state index is -4.43. The van der Waals surface area contributed by atoms with E-state index in [2.05, 4.69) is 60.7 Å². The number of hydrogen-bond donors (Lipinski definition) is 2. The molecule has 2 fully saturated rings. The molecule has 5 rings (SSSR count). The Morgan fingerprint density at radius 2 is 2.00 bits per heavy atom. The number of methoxy groups -OCH3 is 1. The third-order valence-electron chi connectivity index (χ3n) is 8.02. The Kier molecular flexibility index (Phi) is 7.76. The van der Waals surface area contributed by atoms with Crippen LogP contribution in [-0.4, -0.2) is 67.5 Å². The summed E-state index contributed by atoms with van der Waals surface area (Å²) < 4.78 is 47.9. The van der Waals surface area contributed by atoms with Crippen LogP contribution in [0.1, 0.15) is 18.9 Å². The van der Waals surface area contributed by atoms with Gasteiger partial charge in [0.15, 0.2) is 0 Å². The summed E-state index contributed by atoms with van der Waals surface area (Å²) in [5.74, 6) is 7.80. The first-order valence-corrected chi connectivity index (χ1v) is 16.0. The summed E-state index contributed by atoms with van der Waals surface area (Å²) >= 11 is -0.119. The fraction of sp³-hybridized carbons (Fsp3) is 0.448. The molecule has 208 valence electrons. The lowest BCUT2D eigenvalue weighted by Gasteiger charge is -2.30. The maximum Gasteiger partial charge on any atom is 0.447 e. The van der Waals surface area contributed by atoms with Gasteiger partial charge in [0.1, 0.15) is 10.8 Å².